The molecule has 20 heavy (non-hydrogen) atoms. The molecule has 0 bridgehead atoms. The summed E-state index contributed by atoms with van der Waals surface area (Å²) in [6, 6.07) is 9.95. The maximum absolute atomic E-state index is 11.9. The van der Waals surface area contributed by atoms with Gasteiger partial charge in [0.2, 0.25) is 0 Å². The first-order chi connectivity index (χ1) is 9.60. The third-order valence-corrected chi connectivity index (χ3v) is 2.98. The molecule has 1 heterocycles. The van der Waals surface area contributed by atoms with Crippen molar-refractivity contribution in [1.29, 1.82) is 0 Å². The number of aromatic nitrogens is 1. The normalized spacial score (nSPS) is 11.2. The van der Waals surface area contributed by atoms with E-state index in [1.807, 2.05) is 0 Å². The molecule has 0 aliphatic rings. The second kappa shape index (κ2) is 6.16. The third-order valence-electron chi connectivity index (χ3n) is 2.51. The van der Waals surface area contributed by atoms with Gasteiger partial charge in [-0.1, -0.05) is 5.16 Å². The Morgan fingerprint density at radius 2 is 1.95 bits per heavy atom. The van der Waals surface area contributed by atoms with E-state index >= 15 is 0 Å². The first kappa shape index (κ1) is 14.0. The standard InChI is InChI=1S/C13H11BrN4O2/c14-9-3-6-11(16-7-9)13(19)17-10-4-1-8(2-5-10)12(15)18-20/h1-7,20H,(H2,15,18)(H,17,19). The summed E-state index contributed by atoms with van der Waals surface area (Å²) in [5.41, 5.74) is 6.92. The summed E-state index contributed by atoms with van der Waals surface area (Å²) in [4.78, 5) is 15.9. The van der Waals surface area contributed by atoms with Gasteiger partial charge in [-0.2, -0.15) is 0 Å². The number of carbonyl (C=O) groups excluding carboxylic acids is 1. The average molecular weight is 335 g/mol. The monoisotopic (exact) mass is 334 g/mol. The topological polar surface area (TPSA) is 101 Å². The molecule has 0 radical (unpaired) electrons. The maximum Gasteiger partial charge on any atom is 0.274 e. The number of nitrogens with one attached hydrogen (secondary N) is 1. The van der Waals surface area contributed by atoms with Crippen LogP contribution in [0.1, 0.15) is 16.1 Å². The minimum atomic E-state index is -0.311. The molecule has 0 unspecified atom stereocenters. The van der Waals surface area contributed by atoms with Crippen LogP contribution >= 0.6 is 15.9 Å². The number of hydrogen-bond acceptors (Lipinski definition) is 4. The SMILES string of the molecule is NC(=NO)c1ccc(NC(=O)c2ccc(Br)cn2)cc1. The van der Waals surface area contributed by atoms with Gasteiger partial charge in [0.05, 0.1) is 0 Å². The van der Waals surface area contributed by atoms with Crippen molar-refractivity contribution >= 4 is 33.4 Å². The number of nitrogens with zero attached hydrogens (tertiary/aromatic N) is 2. The molecule has 2 rings (SSSR count). The number of oxime groups is 1. The lowest BCUT2D eigenvalue weighted by molar-refractivity contribution is 0.102. The molecule has 0 aliphatic heterocycles. The van der Waals surface area contributed by atoms with Crippen molar-refractivity contribution in [2.75, 3.05) is 5.32 Å². The Morgan fingerprint density at radius 3 is 2.50 bits per heavy atom. The number of amides is 1. The minimum Gasteiger partial charge on any atom is -0.409 e. The van der Waals surface area contributed by atoms with Gasteiger partial charge in [0.1, 0.15) is 5.69 Å². The second-order valence-corrected chi connectivity index (χ2v) is 4.79. The molecule has 1 aromatic carbocycles. The fourth-order valence-corrected chi connectivity index (χ4v) is 1.72. The fourth-order valence-electron chi connectivity index (χ4n) is 1.49. The van der Waals surface area contributed by atoms with E-state index in [9.17, 15) is 4.79 Å². The Kier molecular flexibility index (Phi) is 4.31. The number of halogens is 1. The molecule has 0 spiro atoms. The number of nitrogens with two attached hydrogens (primary N) is 1. The number of benzene rings is 1. The molecule has 2 aromatic rings. The first-order valence-corrected chi connectivity index (χ1v) is 6.40. The number of amidine groups is 1. The van der Waals surface area contributed by atoms with Crippen LogP contribution in [0.3, 0.4) is 0 Å². The summed E-state index contributed by atoms with van der Waals surface area (Å²) in [6.07, 6.45) is 1.55. The van der Waals surface area contributed by atoms with E-state index in [4.69, 9.17) is 10.9 Å². The van der Waals surface area contributed by atoms with Gasteiger partial charge in [-0.15, -0.1) is 0 Å². The van der Waals surface area contributed by atoms with Crippen LogP contribution in [-0.2, 0) is 0 Å². The van der Waals surface area contributed by atoms with Gasteiger partial charge < -0.3 is 16.3 Å². The molecule has 0 saturated carbocycles. The predicted molar refractivity (Wildman–Crippen MR) is 78.8 cm³/mol. The zero-order valence-electron chi connectivity index (χ0n) is 10.2. The second-order valence-electron chi connectivity index (χ2n) is 3.88. The molecule has 1 aromatic heterocycles. The highest BCUT2D eigenvalue weighted by atomic mass is 79.9. The van der Waals surface area contributed by atoms with Crippen molar-refractivity contribution < 1.29 is 10.0 Å². The van der Waals surface area contributed by atoms with Crippen molar-refractivity contribution in [1.82, 2.24) is 4.98 Å². The number of rotatable bonds is 3. The number of pyridine rings is 1. The van der Waals surface area contributed by atoms with Gasteiger partial charge in [-0.3, -0.25) is 4.79 Å². The molecular weight excluding hydrogens is 324 g/mol. The predicted octanol–water partition coefficient (Wildman–Crippen LogP) is 2.19. The van der Waals surface area contributed by atoms with E-state index in [-0.39, 0.29) is 11.7 Å². The molecule has 6 nitrogen and oxygen atoms in total. The van der Waals surface area contributed by atoms with E-state index in [1.54, 1.807) is 42.6 Å². The Balaban J connectivity index is 2.10. The number of hydrogen-bond donors (Lipinski definition) is 3. The van der Waals surface area contributed by atoms with Crippen molar-refractivity contribution in [3.63, 3.8) is 0 Å². The number of carbonyl (C=O) groups is 1. The van der Waals surface area contributed by atoms with Crippen LogP contribution in [0.4, 0.5) is 5.69 Å². The van der Waals surface area contributed by atoms with E-state index in [2.05, 4.69) is 31.4 Å². The fraction of sp³-hybridized carbons (Fsp3) is 0. The van der Waals surface area contributed by atoms with Gasteiger partial charge in [0, 0.05) is 21.9 Å². The number of anilines is 1. The van der Waals surface area contributed by atoms with Gasteiger partial charge in [0.15, 0.2) is 5.84 Å². The van der Waals surface area contributed by atoms with Crippen LogP contribution in [0, 0.1) is 0 Å². The summed E-state index contributed by atoms with van der Waals surface area (Å²) < 4.78 is 0.803. The van der Waals surface area contributed by atoms with Crippen molar-refractivity contribution in [3.05, 3.63) is 58.3 Å². The molecular formula is C13H11BrN4O2. The quantitative estimate of drug-likeness (QED) is 0.346. The summed E-state index contributed by atoms with van der Waals surface area (Å²) in [5, 5.41) is 14.2. The lowest BCUT2D eigenvalue weighted by Gasteiger charge is -2.05. The van der Waals surface area contributed by atoms with Gasteiger partial charge in [-0.25, -0.2) is 4.98 Å². The minimum absolute atomic E-state index is 0.0115. The summed E-state index contributed by atoms with van der Waals surface area (Å²) >= 11 is 3.25. The Hall–Kier alpha value is -2.41. The Bertz CT molecular complexity index is 638. The van der Waals surface area contributed by atoms with E-state index in [0.717, 1.165) is 4.47 Å². The highest BCUT2D eigenvalue weighted by Gasteiger charge is 2.07. The molecule has 7 heteroatoms. The van der Waals surface area contributed by atoms with Crippen LogP contribution in [-0.4, -0.2) is 21.9 Å². The maximum atomic E-state index is 11.9. The lowest BCUT2D eigenvalue weighted by Crippen LogP contribution is -2.15. The van der Waals surface area contributed by atoms with Crippen LogP contribution in [0.25, 0.3) is 0 Å². The zero-order chi connectivity index (χ0) is 14.5. The highest BCUT2D eigenvalue weighted by Crippen LogP contribution is 2.12. The molecule has 0 aliphatic carbocycles. The van der Waals surface area contributed by atoms with Crippen molar-refractivity contribution in [2.24, 2.45) is 10.9 Å². The van der Waals surface area contributed by atoms with Crippen LogP contribution < -0.4 is 11.1 Å². The van der Waals surface area contributed by atoms with E-state index in [0.29, 0.717) is 16.9 Å². The van der Waals surface area contributed by atoms with Gasteiger partial charge >= 0.3 is 0 Å². The molecule has 0 fully saturated rings. The summed E-state index contributed by atoms with van der Waals surface area (Å²) in [6.45, 7) is 0. The summed E-state index contributed by atoms with van der Waals surface area (Å²) in [5.74, 6) is -0.300. The van der Waals surface area contributed by atoms with Crippen molar-refractivity contribution in [3.8, 4) is 0 Å². The average Bonchev–Trinajstić information content (AvgIpc) is 2.48. The van der Waals surface area contributed by atoms with Crippen LogP contribution in [0.15, 0.2) is 52.2 Å². The third kappa shape index (κ3) is 3.33. The Morgan fingerprint density at radius 1 is 1.25 bits per heavy atom. The molecule has 1 amide bonds. The Labute approximate surface area is 123 Å². The summed E-state index contributed by atoms with van der Waals surface area (Å²) in [7, 11) is 0. The van der Waals surface area contributed by atoms with E-state index < -0.39 is 0 Å². The lowest BCUT2D eigenvalue weighted by atomic mass is 10.2. The molecule has 102 valence electrons. The van der Waals surface area contributed by atoms with Crippen LogP contribution in [0.2, 0.25) is 0 Å². The van der Waals surface area contributed by atoms with Crippen LogP contribution in [0.5, 0.6) is 0 Å². The highest BCUT2D eigenvalue weighted by molar-refractivity contribution is 9.10. The largest absolute Gasteiger partial charge is 0.409 e. The smallest absolute Gasteiger partial charge is 0.274 e. The van der Waals surface area contributed by atoms with Crippen molar-refractivity contribution in [2.45, 2.75) is 0 Å². The van der Waals surface area contributed by atoms with E-state index in [1.165, 1.54) is 0 Å². The molecule has 4 N–H and O–H groups in total. The molecule has 0 atom stereocenters. The molecule has 0 saturated heterocycles. The first-order valence-electron chi connectivity index (χ1n) is 5.61. The van der Waals surface area contributed by atoms with Gasteiger partial charge in [-0.05, 0) is 52.3 Å². The van der Waals surface area contributed by atoms with Gasteiger partial charge in [0.25, 0.3) is 5.91 Å². The zero-order valence-corrected chi connectivity index (χ0v) is 11.8.